The van der Waals surface area contributed by atoms with E-state index in [0.717, 1.165) is 17.8 Å². The Bertz CT molecular complexity index is 552. The molecule has 0 radical (unpaired) electrons. The highest BCUT2D eigenvalue weighted by Crippen LogP contribution is 2.40. The number of fused-ring (bicyclic) bond motifs is 1. The summed E-state index contributed by atoms with van der Waals surface area (Å²) in [6.45, 7) is 5.55. The van der Waals surface area contributed by atoms with E-state index >= 15 is 0 Å². The molecule has 1 aliphatic carbocycles. The highest BCUT2D eigenvalue weighted by atomic mass is 16.3. The standard InChI is InChI=1S/C17H24N2O2/c1-11(2)8-9-19(12-4-5-12)13-6-7-14-15(10-13)18(3)17(21)16(14)20/h6-7,10-12,16,20H,4-5,8-9H2,1-3H3. The molecule has 1 aromatic carbocycles. The van der Waals surface area contributed by atoms with Gasteiger partial charge in [-0.1, -0.05) is 19.9 Å². The van der Waals surface area contributed by atoms with Gasteiger partial charge in [-0.3, -0.25) is 4.79 Å². The summed E-state index contributed by atoms with van der Waals surface area (Å²) in [4.78, 5) is 15.9. The Morgan fingerprint density at radius 1 is 1.38 bits per heavy atom. The van der Waals surface area contributed by atoms with Gasteiger partial charge in [0, 0.05) is 30.9 Å². The molecule has 4 nitrogen and oxygen atoms in total. The molecule has 1 atom stereocenters. The maximum Gasteiger partial charge on any atom is 0.260 e. The smallest absolute Gasteiger partial charge is 0.260 e. The number of likely N-dealkylation sites (N-methyl/N-ethyl adjacent to an activating group) is 1. The summed E-state index contributed by atoms with van der Waals surface area (Å²) >= 11 is 0. The lowest BCUT2D eigenvalue weighted by atomic mass is 10.1. The monoisotopic (exact) mass is 288 g/mol. The molecule has 3 rings (SSSR count). The third-order valence-electron chi connectivity index (χ3n) is 4.50. The van der Waals surface area contributed by atoms with Gasteiger partial charge in [0.05, 0.1) is 5.69 Å². The minimum absolute atomic E-state index is 0.234. The van der Waals surface area contributed by atoms with E-state index < -0.39 is 6.10 Å². The van der Waals surface area contributed by atoms with Crippen LogP contribution in [0.1, 0.15) is 44.8 Å². The molecule has 1 amide bonds. The fourth-order valence-electron chi connectivity index (χ4n) is 2.97. The van der Waals surface area contributed by atoms with Crippen molar-refractivity contribution in [3.8, 4) is 0 Å². The molecule has 1 heterocycles. The summed E-state index contributed by atoms with van der Waals surface area (Å²) in [6, 6.07) is 6.66. The van der Waals surface area contributed by atoms with Gasteiger partial charge in [0.15, 0.2) is 6.10 Å². The first-order valence-corrected chi connectivity index (χ1v) is 7.85. The van der Waals surface area contributed by atoms with Crippen LogP contribution in [0.4, 0.5) is 11.4 Å². The van der Waals surface area contributed by atoms with Crippen molar-refractivity contribution in [2.75, 3.05) is 23.4 Å². The van der Waals surface area contributed by atoms with E-state index in [2.05, 4.69) is 24.8 Å². The minimum atomic E-state index is -0.996. The number of hydrogen-bond donors (Lipinski definition) is 1. The molecule has 1 saturated carbocycles. The second-order valence-corrected chi connectivity index (χ2v) is 6.65. The van der Waals surface area contributed by atoms with Crippen LogP contribution in [0.3, 0.4) is 0 Å². The van der Waals surface area contributed by atoms with E-state index in [1.165, 1.54) is 24.9 Å². The molecule has 4 heteroatoms. The lowest BCUT2D eigenvalue weighted by molar-refractivity contribution is -0.125. The first-order chi connectivity index (χ1) is 9.99. The number of carbonyl (C=O) groups is 1. The normalized spacial score (nSPS) is 21.1. The van der Waals surface area contributed by atoms with Gasteiger partial charge in [-0.05, 0) is 37.3 Å². The van der Waals surface area contributed by atoms with Gasteiger partial charge < -0.3 is 14.9 Å². The van der Waals surface area contributed by atoms with E-state index in [4.69, 9.17) is 0 Å². The lowest BCUT2D eigenvalue weighted by Crippen LogP contribution is -2.28. The van der Waals surface area contributed by atoms with Gasteiger partial charge in [0.2, 0.25) is 0 Å². The van der Waals surface area contributed by atoms with Crippen molar-refractivity contribution in [3.63, 3.8) is 0 Å². The second kappa shape index (κ2) is 5.34. The Balaban J connectivity index is 1.87. The van der Waals surface area contributed by atoms with E-state index in [1.807, 2.05) is 12.1 Å². The Kier molecular flexibility index (Phi) is 3.66. The molecular weight excluding hydrogens is 264 g/mol. The van der Waals surface area contributed by atoms with Crippen molar-refractivity contribution in [2.45, 2.75) is 45.3 Å². The van der Waals surface area contributed by atoms with Crippen LogP contribution in [0.5, 0.6) is 0 Å². The van der Waals surface area contributed by atoms with Crippen LogP contribution in [0, 0.1) is 5.92 Å². The van der Waals surface area contributed by atoms with Gasteiger partial charge in [-0.15, -0.1) is 0 Å². The van der Waals surface area contributed by atoms with Gasteiger partial charge in [-0.2, -0.15) is 0 Å². The Morgan fingerprint density at radius 3 is 2.71 bits per heavy atom. The van der Waals surface area contributed by atoms with Gasteiger partial charge in [0.1, 0.15) is 0 Å². The predicted molar refractivity (Wildman–Crippen MR) is 84.6 cm³/mol. The van der Waals surface area contributed by atoms with Crippen LogP contribution in [0.25, 0.3) is 0 Å². The molecule has 0 aromatic heterocycles. The number of amides is 1. The molecule has 1 fully saturated rings. The number of aliphatic hydroxyl groups excluding tert-OH is 1. The quantitative estimate of drug-likeness (QED) is 0.906. The SMILES string of the molecule is CC(C)CCN(c1ccc2c(c1)N(C)C(=O)C2O)C1CC1. The average molecular weight is 288 g/mol. The third-order valence-corrected chi connectivity index (χ3v) is 4.50. The molecule has 0 spiro atoms. The second-order valence-electron chi connectivity index (χ2n) is 6.65. The van der Waals surface area contributed by atoms with E-state index in [0.29, 0.717) is 12.0 Å². The maximum absolute atomic E-state index is 11.9. The molecule has 1 aromatic rings. The van der Waals surface area contributed by atoms with E-state index in [1.54, 1.807) is 11.9 Å². The van der Waals surface area contributed by atoms with Gasteiger partial charge >= 0.3 is 0 Å². The molecule has 1 aliphatic heterocycles. The largest absolute Gasteiger partial charge is 0.378 e. The Morgan fingerprint density at radius 2 is 2.10 bits per heavy atom. The minimum Gasteiger partial charge on any atom is -0.378 e. The number of anilines is 2. The summed E-state index contributed by atoms with van der Waals surface area (Å²) in [5.41, 5.74) is 2.75. The number of nitrogens with zero attached hydrogens (tertiary/aromatic N) is 2. The number of benzene rings is 1. The van der Waals surface area contributed by atoms with Crippen LogP contribution in [0.2, 0.25) is 0 Å². The summed E-state index contributed by atoms with van der Waals surface area (Å²) in [5.74, 6) is 0.453. The summed E-state index contributed by atoms with van der Waals surface area (Å²) in [5, 5.41) is 9.94. The predicted octanol–water partition coefficient (Wildman–Crippen LogP) is 2.71. The highest BCUT2D eigenvalue weighted by Gasteiger charge is 2.35. The maximum atomic E-state index is 11.9. The van der Waals surface area contributed by atoms with E-state index in [9.17, 15) is 9.90 Å². The van der Waals surface area contributed by atoms with Crippen LogP contribution in [0.15, 0.2) is 18.2 Å². The highest BCUT2D eigenvalue weighted by molar-refractivity contribution is 6.03. The zero-order valence-corrected chi connectivity index (χ0v) is 13.0. The van der Waals surface area contributed by atoms with Crippen LogP contribution in [-0.4, -0.2) is 30.6 Å². The fraction of sp³-hybridized carbons (Fsp3) is 0.588. The molecule has 2 aliphatic rings. The third kappa shape index (κ3) is 2.64. The summed E-state index contributed by atoms with van der Waals surface area (Å²) in [7, 11) is 1.73. The van der Waals surface area contributed by atoms with Crippen molar-refractivity contribution in [1.29, 1.82) is 0 Å². The first kappa shape index (κ1) is 14.4. The van der Waals surface area contributed by atoms with Crippen LogP contribution < -0.4 is 9.80 Å². The number of hydrogen-bond acceptors (Lipinski definition) is 3. The van der Waals surface area contributed by atoms with Crippen molar-refractivity contribution < 1.29 is 9.90 Å². The summed E-state index contributed by atoms with van der Waals surface area (Å²) < 4.78 is 0. The van der Waals surface area contributed by atoms with Gasteiger partial charge in [0.25, 0.3) is 5.91 Å². The van der Waals surface area contributed by atoms with Crippen LogP contribution in [-0.2, 0) is 4.79 Å². The molecule has 1 unspecified atom stereocenters. The zero-order valence-electron chi connectivity index (χ0n) is 13.0. The van der Waals surface area contributed by atoms with Crippen molar-refractivity contribution in [3.05, 3.63) is 23.8 Å². The average Bonchev–Trinajstić information content (AvgIpc) is 3.26. The van der Waals surface area contributed by atoms with Crippen molar-refractivity contribution in [2.24, 2.45) is 5.92 Å². The Hall–Kier alpha value is -1.55. The molecule has 1 N–H and O–H groups in total. The van der Waals surface area contributed by atoms with E-state index in [-0.39, 0.29) is 5.91 Å². The lowest BCUT2D eigenvalue weighted by Gasteiger charge is -2.26. The number of aliphatic hydroxyl groups is 1. The first-order valence-electron chi connectivity index (χ1n) is 7.85. The fourth-order valence-corrected chi connectivity index (χ4v) is 2.97. The summed E-state index contributed by atoms with van der Waals surface area (Å²) in [6.07, 6.45) is 2.69. The molecule has 0 saturated heterocycles. The molecule has 0 bridgehead atoms. The molecule has 21 heavy (non-hydrogen) atoms. The molecule has 114 valence electrons. The number of rotatable bonds is 5. The zero-order chi connectivity index (χ0) is 15.1. The topological polar surface area (TPSA) is 43.8 Å². The van der Waals surface area contributed by atoms with Crippen molar-refractivity contribution in [1.82, 2.24) is 0 Å². The van der Waals surface area contributed by atoms with Crippen LogP contribution >= 0.6 is 0 Å². The van der Waals surface area contributed by atoms with Gasteiger partial charge in [-0.25, -0.2) is 0 Å². The van der Waals surface area contributed by atoms with Crippen molar-refractivity contribution >= 4 is 17.3 Å². The Labute approximate surface area is 126 Å². The molecular formula is C17H24N2O2. The number of carbonyl (C=O) groups excluding carboxylic acids is 1.